The van der Waals surface area contributed by atoms with Crippen LogP contribution in [0.15, 0.2) is 55.1 Å². The first kappa shape index (κ1) is 17.4. The van der Waals surface area contributed by atoms with Gasteiger partial charge in [0.1, 0.15) is 0 Å². The van der Waals surface area contributed by atoms with Crippen molar-refractivity contribution in [3.05, 3.63) is 77.4 Å². The van der Waals surface area contributed by atoms with Crippen molar-refractivity contribution in [1.82, 2.24) is 4.90 Å². The summed E-state index contributed by atoms with van der Waals surface area (Å²) in [5.74, 6) is 2.25. The number of benzene rings is 2. The molecular formula is C21H26BN. The zero-order chi connectivity index (χ0) is 16.5. The van der Waals surface area contributed by atoms with Crippen LogP contribution in [0.5, 0.6) is 0 Å². The Morgan fingerprint density at radius 2 is 1.52 bits per heavy atom. The van der Waals surface area contributed by atoms with Crippen LogP contribution in [0.4, 0.5) is 0 Å². The Balaban J connectivity index is 2.08. The number of hydrogen-bond acceptors (Lipinski definition) is 1. The van der Waals surface area contributed by atoms with Crippen LogP contribution in [0.25, 0.3) is 6.08 Å². The molecule has 1 nitrogen and oxygen atoms in total. The quantitative estimate of drug-likeness (QED) is 0.642. The van der Waals surface area contributed by atoms with E-state index >= 15 is 0 Å². The van der Waals surface area contributed by atoms with Gasteiger partial charge in [0, 0.05) is 0 Å². The summed E-state index contributed by atoms with van der Waals surface area (Å²) in [5, 5.41) is 0. The van der Waals surface area contributed by atoms with Crippen LogP contribution < -0.4 is 0 Å². The molecule has 0 atom stereocenters. The minimum atomic E-state index is 0.926. The summed E-state index contributed by atoms with van der Waals surface area (Å²) in [4.78, 5) is 2.36. The van der Waals surface area contributed by atoms with Gasteiger partial charge in [0.15, 0.2) is 0 Å². The fraction of sp³-hybridized carbons (Fsp3) is 0.286. The first-order valence-electron chi connectivity index (χ1n) is 8.38. The molecule has 0 saturated heterocycles. The van der Waals surface area contributed by atoms with Crippen LogP contribution in [0.3, 0.4) is 0 Å². The van der Waals surface area contributed by atoms with Crippen molar-refractivity contribution in [2.75, 3.05) is 7.05 Å². The van der Waals surface area contributed by atoms with Gasteiger partial charge in [0.05, 0.1) is 0 Å². The second kappa shape index (κ2) is 9.27. The van der Waals surface area contributed by atoms with Gasteiger partial charge in [-0.25, -0.2) is 0 Å². The zero-order valence-corrected chi connectivity index (χ0v) is 14.3. The molecule has 0 aliphatic carbocycles. The first-order chi connectivity index (χ1) is 11.2. The Bertz CT molecular complexity index is 660. The summed E-state index contributed by atoms with van der Waals surface area (Å²) in [5.41, 5.74) is 5.24. The maximum atomic E-state index is 3.91. The van der Waals surface area contributed by atoms with E-state index in [4.69, 9.17) is 0 Å². The zero-order valence-electron chi connectivity index (χ0n) is 14.3. The van der Waals surface area contributed by atoms with Crippen molar-refractivity contribution in [3.8, 4) is 0 Å². The molecule has 0 amide bonds. The average Bonchev–Trinajstić information content (AvgIpc) is 2.57. The molecule has 118 valence electrons. The SMILES string of the molecule is C=Cc1ccccc1CN(C)Cc1ccccc1/C=B/CCC. The van der Waals surface area contributed by atoms with E-state index in [0.29, 0.717) is 0 Å². The summed E-state index contributed by atoms with van der Waals surface area (Å²) < 4.78 is 0. The molecule has 0 heterocycles. The maximum absolute atomic E-state index is 3.91. The molecule has 0 aromatic heterocycles. The van der Waals surface area contributed by atoms with Crippen molar-refractivity contribution >= 4 is 19.0 Å². The second-order valence-corrected chi connectivity index (χ2v) is 5.97. The molecule has 0 fully saturated rings. The van der Waals surface area contributed by atoms with Crippen LogP contribution in [0.2, 0.25) is 6.32 Å². The van der Waals surface area contributed by atoms with Crippen LogP contribution in [0.1, 0.15) is 35.6 Å². The monoisotopic (exact) mass is 303 g/mol. The predicted octanol–water partition coefficient (Wildman–Crippen LogP) is 4.64. The number of rotatable bonds is 8. The van der Waals surface area contributed by atoms with Crippen LogP contribution in [-0.4, -0.2) is 24.8 Å². The topological polar surface area (TPSA) is 3.24 Å². The third-order valence-electron chi connectivity index (χ3n) is 3.96. The summed E-state index contributed by atoms with van der Waals surface area (Å²) >= 11 is 0. The van der Waals surface area contributed by atoms with Gasteiger partial charge in [0.25, 0.3) is 0 Å². The van der Waals surface area contributed by atoms with Gasteiger partial charge in [-0.15, -0.1) is 0 Å². The molecule has 0 unspecified atom stereocenters. The third kappa shape index (κ3) is 5.33. The van der Waals surface area contributed by atoms with E-state index in [2.05, 4.69) is 86.9 Å². The fourth-order valence-corrected chi connectivity index (χ4v) is 2.73. The Kier molecular flexibility index (Phi) is 7.02. The summed E-state index contributed by atoms with van der Waals surface area (Å²) in [6.07, 6.45) is 4.26. The van der Waals surface area contributed by atoms with Gasteiger partial charge in [0.2, 0.25) is 0 Å². The Labute approximate surface area is 141 Å². The van der Waals surface area contributed by atoms with Gasteiger partial charge in [-0.3, -0.25) is 0 Å². The minimum absolute atomic E-state index is 0.926. The van der Waals surface area contributed by atoms with E-state index < -0.39 is 0 Å². The molecule has 23 heavy (non-hydrogen) atoms. The number of hydrogen-bond donors (Lipinski definition) is 0. The van der Waals surface area contributed by atoms with Gasteiger partial charge < -0.3 is 0 Å². The summed E-state index contributed by atoms with van der Waals surface area (Å²) in [7, 11) is 2.17. The molecular weight excluding hydrogens is 277 g/mol. The Morgan fingerprint density at radius 1 is 0.957 bits per heavy atom. The van der Waals surface area contributed by atoms with Gasteiger partial charge in [-0.1, -0.05) is 0 Å². The third-order valence-corrected chi connectivity index (χ3v) is 3.96. The van der Waals surface area contributed by atoms with E-state index in [-0.39, 0.29) is 0 Å². The summed E-state index contributed by atoms with van der Waals surface area (Å²) in [6.45, 7) is 10.3. The Morgan fingerprint density at radius 3 is 2.13 bits per heavy atom. The predicted molar refractivity (Wildman–Crippen MR) is 104 cm³/mol. The standard InChI is InChI=1S/C21H26BN/c1-4-14-22-15-19-11-7-9-13-21(19)17-23(3)16-20-12-8-6-10-18(20)5-2/h5-13,15H,2,4,14,16-17H2,1,3H3. The van der Waals surface area contributed by atoms with Crippen LogP contribution in [0, 0.1) is 0 Å². The van der Waals surface area contributed by atoms with Crippen molar-refractivity contribution in [3.63, 3.8) is 0 Å². The first-order valence-corrected chi connectivity index (χ1v) is 8.38. The molecule has 2 aromatic carbocycles. The molecule has 2 heteroatoms. The molecule has 2 aromatic rings. The normalized spacial score (nSPS) is 10.9. The van der Waals surface area contributed by atoms with E-state index in [1.54, 1.807) is 0 Å². The molecule has 0 spiro atoms. The molecule has 0 N–H and O–H groups in total. The van der Waals surface area contributed by atoms with Gasteiger partial charge >= 0.3 is 141 Å². The van der Waals surface area contributed by atoms with Crippen molar-refractivity contribution in [2.45, 2.75) is 32.8 Å². The van der Waals surface area contributed by atoms with Gasteiger partial charge in [-0.05, 0) is 0 Å². The van der Waals surface area contributed by atoms with Crippen LogP contribution in [-0.2, 0) is 13.1 Å². The molecule has 0 radical (unpaired) electrons. The molecule has 0 saturated carbocycles. The van der Waals surface area contributed by atoms with Gasteiger partial charge in [-0.2, -0.15) is 0 Å². The summed E-state index contributed by atoms with van der Waals surface area (Å²) in [6, 6.07) is 17.1. The molecule has 0 aliphatic rings. The second-order valence-electron chi connectivity index (χ2n) is 5.97. The average molecular weight is 303 g/mol. The molecule has 2 rings (SSSR count). The van der Waals surface area contributed by atoms with Crippen molar-refractivity contribution in [2.24, 2.45) is 0 Å². The fourth-order valence-electron chi connectivity index (χ4n) is 2.73. The molecule has 0 aliphatic heterocycles. The van der Waals surface area contributed by atoms with Crippen molar-refractivity contribution < 1.29 is 0 Å². The van der Waals surface area contributed by atoms with Crippen LogP contribution >= 0.6 is 0 Å². The Hall–Kier alpha value is -1.93. The number of nitrogens with zero attached hydrogens (tertiary/aromatic N) is 1. The van der Waals surface area contributed by atoms with E-state index in [1.807, 2.05) is 6.08 Å². The van der Waals surface area contributed by atoms with E-state index in [9.17, 15) is 0 Å². The van der Waals surface area contributed by atoms with E-state index in [1.165, 1.54) is 28.7 Å². The van der Waals surface area contributed by atoms with Crippen molar-refractivity contribution in [1.29, 1.82) is 0 Å². The molecule has 0 bridgehead atoms. The van der Waals surface area contributed by atoms with E-state index in [0.717, 1.165) is 19.4 Å².